The van der Waals surface area contributed by atoms with Crippen LogP contribution < -0.4 is 10.6 Å². The highest BCUT2D eigenvalue weighted by Gasteiger charge is 2.07. The zero-order valence-electron chi connectivity index (χ0n) is 14.1. The molecule has 3 rings (SSSR count). The summed E-state index contributed by atoms with van der Waals surface area (Å²) in [5.74, 6) is 0.322. The van der Waals surface area contributed by atoms with Crippen LogP contribution in [0.3, 0.4) is 0 Å². The van der Waals surface area contributed by atoms with E-state index in [2.05, 4.69) is 25.7 Å². The third-order valence-corrected chi connectivity index (χ3v) is 4.34. The summed E-state index contributed by atoms with van der Waals surface area (Å²) >= 11 is 0. The molecule has 2 aromatic carbocycles. The van der Waals surface area contributed by atoms with Crippen LogP contribution in [0.4, 0.5) is 11.4 Å². The Hall–Kier alpha value is -3.43. The van der Waals surface area contributed by atoms with E-state index < -0.39 is 10.0 Å². The molecule has 0 saturated heterocycles. The molecule has 0 aliphatic heterocycles. The number of para-hydroxylation sites is 1. The number of hydrogen-bond acceptors (Lipinski definition) is 6. The normalized spacial score (nSPS) is 12.3. The Morgan fingerprint density at radius 1 is 0.963 bits per heavy atom. The van der Waals surface area contributed by atoms with E-state index in [4.69, 9.17) is 5.14 Å². The number of hydrogen-bond donors (Lipinski definition) is 2. The quantitative estimate of drug-likeness (QED) is 0.305. The lowest BCUT2D eigenvalue weighted by atomic mass is 10.3. The maximum absolute atomic E-state index is 11.3. The summed E-state index contributed by atoms with van der Waals surface area (Å²) in [5.41, 5.74) is 4.85. The Morgan fingerprint density at radius 3 is 2.33 bits per heavy atom. The average molecular weight is 380 g/mol. The van der Waals surface area contributed by atoms with Gasteiger partial charge < -0.3 is 0 Å². The van der Waals surface area contributed by atoms with Crippen molar-refractivity contribution in [2.24, 2.45) is 20.5 Å². The molecule has 0 unspecified atom stereocenters. The third-order valence-electron chi connectivity index (χ3n) is 3.41. The zero-order valence-corrected chi connectivity index (χ0v) is 14.9. The highest BCUT2D eigenvalue weighted by Crippen LogP contribution is 2.17. The Labute approximate surface area is 156 Å². The molecular weight excluding hydrogens is 364 g/mol. The van der Waals surface area contributed by atoms with Gasteiger partial charge in [-0.1, -0.05) is 18.2 Å². The van der Waals surface area contributed by atoms with Crippen LogP contribution in [0.15, 0.2) is 99.3 Å². The zero-order chi connectivity index (χ0) is 19.1. The monoisotopic (exact) mass is 380 g/mol. The standard InChI is InChI=1S/C18H16N6O2S/c19-27(25,26)17-10-8-16(9-11-17)22-24-18(14-5-4-12-20-13-14)23-21-15-6-2-1-3-7-15/h1-13,21H,(H2,19,25,26). The van der Waals surface area contributed by atoms with E-state index in [1.165, 1.54) is 24.3 Å². The lowest BCUT2D eigenvalue weighted by Gasteiger charge is -2.03. The summed E-state index contributed by atoms with van der Waals surface area (Å²) in [6.45, 7) is 0. The second-order valence-corrected chi connectivity index (χ2v) is 6.96. The van der Waals surface area contributed by atoms with Crippen molar-refractivity contribution in [1.82, 2.24) is 4.98 Å². The van der Waals surface area contributed by atoms with Crippen molar-refractivity contribution >= 4 is 27.2 Å². The molecule has 1 heterocycles. The van der Waals surface area contributed by atoms with Gasteiger partial charge >= 0.3 is 0 Å². The summed E-state index contributed by atoms with van der Waals surface area (Å²) in [4.78, 5) is 4.07. The Kier molecular flexibility index (Phi) is 5.64. The highest BCUT2D eigenvalue weighted by molar-refractivity contribution is 7.89. The van der Waals surface area contributed by atoms with Crippen molar-refractivity contribution in [3.63, 3.8) is 0 Å². The van der Waals surface area contributed by atoms with Gasteiger partial charge in [0.2, 0.25) is 15.9 Å². The van der Waals surface area contributed by atoms with E-state index in [0.29, 0.717) is 17.1 Å². The van der Waals surface area contributed by atoms with Crippen molar-refractivity contribution in [2.45, 2.75) is 4.90 Å². The number of primary sulfonamides is 1. The second kappa shape index (κ2) is 8.30. The molecular formula is C18H16N6O2S. The van der Waals surface area contributed by atoms with Crippen LogP contribution in [0, 0.1) is 0 Å². The number of anilines is 1. The smallest absolute Gasteiger partial charge is 0.238 e. The van der Waals surface area contributed by atoms with Gasteiger partial charge in [0.05, 0.1) is 16.3 Å². The lowest BCUT2D eigenvalue weighted by Crippen LogP contribution is -2.11. The van der Waals surface area contributed by atoms with Crippen molar-refractivity contribution < 1.29 is 8.42 Å². The predicted octanol–water partition coefficient (Wildman–Crippen LogP) is 3.29. The number of nitrogens with zero attached hydrogens (tertiary/aromatic N) is 4. The minimum absolute atomic E-state index is 0.00773. The third kappa shape index (κ3) is 5.27. The molecule has 0 aliphatic carbocycles. The Balaban J connectivity index is 1.86. The fraction of sp³-hybridized carbons (Fsp3) is 0. The number of pyridine rings is 1. The van der Waals surface area contributed by atoms with Gasteiger partial charge in [0.25, 0.3) is 0 Å². The first-order chi connectivity index (χ1) is 13.0. The molecule has 0 aliphatic rings. The molecule has 0 spiro atoms. The molecule has 9 heteroatoms. The van der Waals surface area contributed by atoms with E-state index in [1.54, 1.807) is 18.5 Å². The first-order valence-electron chi connectivity index (χ1n) is 7.86. The van der Waals surface area contributed by atoms with E-state index in [1.807, 2.05) is 36.4 Å². The number of rotatable bonds is 5. The van der Waals surface area contributed by atoms with Crippen LogP contribution in [-0.2, 0) is 10.0 Å². The largest absolute Gasteiger partial charge is 0.276 e. The van der Waals surface area contributed by atoms with Crippen molar-refractivity contribution in [3.8, 4) is 0 Å². The van der Waals surface area contributed by atoms with E-state index in [9.17, 15) is 8.42 Å². The Morgan fingerprint density at radius 2 is 1.70 bits per heavy atom. The van der Waals surface area contributed by atoms with Gasteiger partial charge in [-0.25, -0.2) is 13.6 Å². The summed E-state index contributed by atoms with van der Waals surface area (Å²) in [6.07, 6.45) is 3.27. The molecule has 0 amide bonds. The number of azo groups is 1. The van der Waals surface area contributed by atoms with Crippen LogP contribution in [0.1, 0.15) is 5.56 Å². The fourth-order valence-corrected chi connectivity index (χ4v) is 2.59. The van der Waals surface area contributed by atoms with E-state index >= 15 is 0 Å². The number of nitrogens with two attached hydrogens (primary N) is 1. The van der Waals surface area contributed by atoms with Gasteiger partial charge in [0, 0.05) is 18.0 Å². The highest BCUT2D eigenvalue weighted by atomic mass is 32.2. The van der Waals surface area contributed by atoms with Crippen molar-refractivity contribution in [3.05, 3.63) is 84.7 Å². The van der Waals surface area contributed by atoms with Crippen LogP contribution in [0.2, 0.25) is 0 Å². The second-order valence-electron chi connectivity index (χ2n) is 5.39. The minimum atomic E-state index is -3.75. The van der Waals surface area contributed by atoms with E-state index in [0.717, 1.165) is 5.69 Å². The SMILES string of the molecule is NS(=O)(=O)c1ccc(N=NC(=NNc2ccccc2)c2cccnc2)cc1. The van der Waals surface area contributed by atoms with Gasteiger partial charge in [-0.2, -0.15) is 5.10 Å². The van der Waals surface area contributed by atoms with Crippen molar-refractivity contribution in [2.75, 3.05) is 5.43 Å². The number of hydrazone groups is 1. The number of nitrogens with one attached hydrogen (secondary N) is 1. The first kappa shape index (κ1) is 18.4. The number of benzene rings is 2. The minimum Gasteiger partial charge on any atom is -0.276 e. The molecule has 3 aromatic rings. The molecule has 0 saturated carbocycles. The molecule has 8 nitrogen and oxygen atoms in total. The Bertz CT molecular complexity index is 1050. The van der Waals surface area contributed by atoms with Gasteiger partial charge in [0.15, 0.2) is 0 Å². The molecule has 27 heavy (non-hydrogen) atoms. The van der Waals surface area contributed by atoms with Crippen LogP contribution in [0.5, 0.6) is 0 Å². The lowest BCUT2D eigenvalue weighted by molar-refractivity contribution is 0.598. The van der Waals surface area contributed by atoms with E-state index in [-0.39, 0.29) is 4.90 Å². The number of aromatic nitrogens is 1. The molecule has 0 bridgehead atoms. The molecule has 0 radical (unpaired) electrons. The summed E-state index contributed by atoms with van der Waals surface area (Å²) in [6, 6.07) is 18.7. The number of sulfonamides is 1. The molecule has 0 fully saturated rings. The van der Waals surface area contributed by atoms with Crippen LogP contribution in [0.25, 0.3) is 0 Å². The van der Waals surface area contributed by atoms with Crippen LogP contribution >= 0.6 is 0 Å². The van der Waals surface area contributed by atoms with Gasteiger partial charge in [-0.3, -0.25) is 10.4 Å². The summed E-state index contributed by atoms with van der Waals surface area (Å²) in [5, 5.41) is 17.6. The fourth-order valence-electron chi connectivity index (χ4n) is 2.08. The van der Waals surface area contributed by atoms with Crippen LogP contribution in [-0.4, -0.2) is 19.2 Å². The summed E-state index contributed by atoms with van der Waals surface area (Å²) < 4.78 is 22.6. The predicted molar refractivity (Wildman–Crippen MR) is 103 cm³/mol. The van der Waals surface area contributed by atoms with Gasteiger partial charge in [0.1, 0.15) is 0 Å². The average Bonchev–Trinajstić information content (AvgIpc) is 2.69. The molecule has 136 valence electrons. The van der Waals surface area contributed by atoms with Gasteiger partial charge in [-0.15, -0.1) is 10.2 Å². The maximum atomic E-state index is 11.3. The first-order valence-corrected chi connectivity index (χ1v) is 9.41. The molecule has 0 atom stereocenters. The topological polar surface area (TPSA) is 122 Å². The summed E-state index contributed by atoms with van der Waals surface area (Å²) in [7, 11) is -3.75. The maximum Gasteiger partial charge on any atom is 0.238 e. The number of amidine groups is 1. The molecule has 1 aromatic heterocycles. The van der Waals surface area contributed by atoms with Crippen molar-refractivity contribution in [1.29, 1.82) is 0 Å². The van der Waals surface area contributed by atoms with Gasteiger partial charge in [-0.05, 0) is 48.5 Å². The molecule has 3 N–H and O–H groups in total.